The van der Waals surface area contributed by atoms with Gasteiger partial charge in [-0.2, -0.15) is 5.26 Å². The van der Waals surface area contributed by atoms with E-state index in [1.54, 1.807) is 0 Å². The fourth-order valence-electron chi connectivity index (χ4n) is 1.45. The van der Waals surface area contributed by atoms with Crippen molar-refractivity contribution >= 4 is 22.6 Å². The third-order valence-electron chi connectivity index (χ3n) is 2.16. The monoisotopic (exact) mass is 249 g/mol. The van der Waals surface area contributed by atoms with Gasteiger partial charge in [-0.3, -0.25) is 0 Å². The number of nitriles is 1. The Morgan fingerprint density at radius 3 is 2.40 bits per heavy atom. The lowest BCUT2D eigenvalue weighted by Crippen LogP contribution is -2.13. The highest BCUT2D eigenvalue weighted by Gasteiger charge is 2.18. The normalized spacial score (nSPS) is 33.2. The van der Waals surface area contributed by atoms with E-state index in [-0.39, 0.29) is 0 Å². The molecule has 0 atom stereocenters. The highest BCUT2D eigenvalue weighted by atomic mass is 127. The van der Waals surface area contributed by atoms with Crippen molar-refractivity contribution in [1.29, 1.82) is 5.26 Å². The van der Waals surface area contributed by atoms with E-state index in [9.17, 15) is 0 Å². The van der Waals surface area contributed by atoms with Gasteiger partial charge < -0.3 is 0 Å². The van der Waals surface area contributed by atoms with Crippen molar-refractivity contribution in [2.75, 3.05) is 0 Å². The van der Waals surface area contributed by atoms with Crippen LogP contribution in [0.4, 0.5) is 0 Å². The molecule has 1 aliphatic rings. The van der Waals surface area contributed by atoms with E-state index in [4.69, 9.17) is 5.26 Å². The number of halogens is 1. The molecule has 1 rings (SSSR count). The molecule has 0 heterocycles. The van der Waals surface area contributed by atoms with Gasteiger partial charge in [0.15, 0.2) is 0 Å². The molecule has 10 heavy (non-hydrogen) atoms. The second kappa shape index (κ2) is 4.17. The van der Waals surface area contributed by atoms with Crippen molar-refractivity contribution in [2.45, 2.75) is 36.0 Å². The maximum absolute atomic E-state index is 8.43. The van der Waals surface area contributed by atoms with Crippen molar-refractivity contribution in [3.63, 3.8) is 0 Å². The number of nitrogens with zero attached hydrogens (tertiary/aromatic N) is 1. The smallest absolute Gasteiger partial charge is 0.0624 e. The average Bonchev–Trinajstić information content (AvgIpc) is 1.95. The van der Waals surface area contributed by atoms with Gasteiger partial charge in [0.2, 0.25) is 0 Å². The van der Waals surface area contributed by atoms with Crippen LogP contribution in [-0.2, 0) is 0 Å². The standard InChI is InChI=1S/C8H12IN/c9-8-3-1-7(2-4-8)5-6-10/h7-8H,1-5H2/t7-,8-. The summed E-state index contributed by atoms with van der Waals surface area (Å²) in [5, 5.41) is 8.43. The Labute approximate surface area is 75.9 Å². The second-order valence-electron chi connectivity index (χ2n) is 2.98. The molecular formula is C8H12IN. The molecule has 0 bridgehead atoms. The van der Waals surface area contributed by atoms with Crippen molar-refractivity contribution in [1.82, 2.24) is 0 Å². The van der Waals surface area contributed by atoms with Crippen LogP contribution in [0.15, 0.2) is 0 Å². The van der Waals surface area contributed by atoms with E-state index in [1.165, 1.54) is 25.7 Å². The van der Waals surface area contributed by atoms with Crippen LogP contribution in [0.1, 0.15) is 32.1 Å². The molecule has 0 spiro atoms. The molecule has 0 N–H and O–H groups in total. The maximum Gasteiger partial charge on any atom is 0.0624 e. The van der Waals surface area contributed by atoms with Crippen molar-refractivity contribution < 1.29 is 0 Å². The lowest BCUT2D eigenvalue weighted by atomic mass is 9.87. The Bertz CT molecular complexity index is 131. The molecule has 0 radical (unpaired) electrons. The van der Waals surface area contributed by atoms with Crippen LogP contribution in [0.3, 0.4) is 0 Å². The third kappa shape index (κ3) is 2.45. The topological polar surface area (TPSA) is 23.8 Å². The SMILES string of the molecule is N#CC[C@H]1CC[C@H](I)CC1. The number of hydrogen-bond donors (Lipinski definition) is 0. The number of rotatable bonds is 1. The van der Waals surface area contributed by atoms with Crippen molar-refractivity contribution in [2.24, 2.45) is 5.92 Å². The summed E-state index contributed by atoms with van der Waals surface area (Å²) < 4.78 is 0.882. The van der Waals surface area contributed by atoms with E-state index >= 15 is 0 Å². The third-order valence-corrected chi connectivity index (χ3v) is 3.40. The first-order chi connectivity index (χ1) is 4.83. The quantitative estimate of drug-likeness (QED) is 0.517. The van der Waals surface area contributed by atoms with Crippen LogP contribution >= 0.6 is 22.6 Å². The molecule has 0 aromatic rings. The van der Waals surface area contributed by atoms with Gasteiger partial charge in [0.05, 0.1) is 6.07 Å². The first kappa shape index (κ1) is 8.32. The molecule has 2 heteroatoms. The van der Waals surface area contributed by atoms with Gasteiger partial charge in [-0.25, -0.2) is 0 Å². The Morgan fingerprint density at radius 2 is 1.90 bits per heavy atom. The fourth-order valence-corrected chi connectivity index (χ4v) is 2.17. The Morgan fingerprint density at radius 1 is 1.30 bits per heavy atom. The van der Waals surface area contributed by atoms with E-state index in [0.29, 0.717) is 0 Å². The molecule has 1 aliphatic carbocycles. The first-order valence-electron chi connectivity index (χ1n) is 3.84. The summed E-state index contributed by atoms with van der Waals surface area (Å²) in [7, 11) is 0. The van der Waals surface area contributed by atoms with Crippen LogP contribution in [0.25, 0.3) is 0 Å². The van der Waals surface area contributed by atoms with Crippen molar-refractivity contribution in [3.8, 4) is 6.07 Å². The minimum atomic E-state index is 0.719. The number of hydrogen-bond acceptors (Lipinski definition) is 1. The van der Waals surface area contributed by atoms with Gasteiger partial charge in [0.1, 0.15) is 0 Å². The first-order valence-corrected chi connectivity index (χ1v) is 5.08. The van der Waals surface area contributed by atoms with Gasteiger partial charge >= 0.3 is 0 Å². The van der Waals surface area contributed by atoms with Gasteiger partial charge in [-0.1, -0.05) is 22.6 Å². The van der Waals surface area contributed by atoms with Crippen LogP contribution in [0.2, 0.25) is 0 Å². The lowest BCUT2D eigenvalue weighted by Gasteiger charge is -2.22. The molecule has 1 nitrogen and oxygen atoms in total. The van der Waals surface area contributed by atoms with Gasteiger partial charge in [0, 0.05) is 10.3 Å². The highest BCUT2D eigenvalue weighted by molar-refractivity contribution is 14.1. The molecule has 0 saturated heterocycles. The predicted octanol–water partition coefficient (Wildman–Crippen LogP) is 2.89. The molecule has 0 amide bonds. The van der Waals surface area contributed by atoms with Gasteiger partial charge in [0.25, 0.3) is 0 Å². The second-order valence-corrected chi connectivity index (χ2v) is 4.74. The number of alkyl halides is 1. The summed E-state index contributed by atoms with van der Waals surface area (Å²) in [6.45, 7) is 0. The van der Waals surface area contributed by atoms with E-state index in [2.05, 4.69) is 28.7 Å². The molecule has 0 aromatic carbocycles. The predicted molar refractivity (Wildman–Crippen MR) is 50.0 cm³/mol. The summed E-state index contributed by atoms with van der Waals surface area (Å²) in [4.78, 5) is 0. The van der Waals surface area contributed by atoms with Crippen LogP contribution < -0.4 is 0 Å². The zero-order chi connectivity index (χ0) is 7.40. The molecule has 0 aromatic heterocycles. The van der Waals surface area contributed by atoms with E-state index < -0.39 is 0 Å². The van der Waals surface area contributed by atoms with E-state index in [1.807, 2.05) is 0 Å². The Hall–Kier alpha value is 0.220. The summed E-state index contributed by atoms with van der Waals surface area (Å²) in [5.74, 6) is 0.719. The Kier molecular flexibility index (Phi) is 3.47. The van der Waals surface area contributed by atoms with E-state index in [0.717, 1.165) is 16.3 Å². The molecule has 0 aliphatic heterocycles. The van der Waals surface area contributed by atoms with Crippen LogP contribution in [0, 0.1) is 17.2 Å². The molecule has 1 saturated carbocycles. The Balaban J connectivity index is 2.21. The van der Waals surface area contributed by atoms with Crippen LogP contribution in [-0.4, -0.2) is 3.92 Å². The molecule has 0 unspecified atom stereocenters. The largest absolute Gasteiger partial charge is 0.198 e. The lowest BCUT2D eigenvalue weighted by molar-refractivity contribution is 0.377. The minimum absolute atomic E-state index is 0.719. The fraction of sp³-hybridized carbons (Fsp3) is 0.875. The summed E-state index contributed by atoms with van der Waals surface area (Å²) in [6, 6.07) is 2.25. The van der Waals surface area contributed by atoms with Crippen molar-refractivity contribution in [3.05, 3.63) is 0 Å². The highest BCUT2D eigenvalue weighted by Crippen LogP contribution is 2.30. The molecular weight excluding hydrogens is 237 g/mol. The zero-order valence-corrected chi connectivity index (χ0v) is 8.17. The molecule has 56 valence electrons. The summed E-state index contributed by atoms with van der Waals surface area (Å²) in [5.41, 5.74) is 0. The molecule has 1 fully saturated rings. The summed E-state index contributed by atoms with van der Waals surface area (Å²) in [6.07, 6.45) is 5.99. The maximum atomic E-state index is 8.43. The zero-order valence-electron chi connectivity index (χ0n) is 6.02. The average molecular weight is 249 g/mol. The van der Waals surface area contributed by atoms with Crippen LogP contribution in [0.5, 0.6) is 0 Å². The minimum Gasteiger partial charge on any atom is -0.198 e. The van der Waals surface area contributed by atoms with Gasteiger partial charge in [-0.15, -0.1) is 0 Å². The van der Waals surface area contributed by atoms with Gasteiger partial charge in [-0.05, 0) is 31.6 Å². The summed E-state index contributed by atoms with van der Waals surface area (Å²) >= 11 is 2.51.